The fraction of sp³-hybridized carbons (Fsp3) is 0.381. The molecule has 1 saturated carbocycles. The first-order chi connectivity index (χ1) is 14.3. The highest BCUT2D eigenvalue weighted by Gasteiger charge is 2.37. The standard InChI is InChI=1S/C21H22BrN3O4S/c22-17-10-16-5-8-25(21(27)15-3-4-15)18(16)11-19(17)30(28,29)9-6-20(26)24-13-14-2-1-7-23-12-14/h1-2,7,10-12,15H,3-6,8-9,13H2,(H,24,26). The summed E-state index contributed by atoms with van der Waals surface area (Å²) in [6, 6.07) is 6.97. The van der Waals surface area contributed by atoms with E-state index in [1.165, 1.54) is 0 Å². The number of hydrogen-bond acceptors (Lipinski definition) is 5. The summed E-state index contributed by atoms with van der Waals surface area (Å²) in [6.45, 7) is 0.880. The molecule has 4 rings (SSSR count). The minimum absolute atomic E-state index is 0.0724. The summed E-state index contributed by atoms with van der Waals surface area (Å²) in [7, 11) is -3.70. The van der Waals surface area contributed by atoms with Gasteiger partial charge >= 0.3 is 0 Å². The van der Waals surface area contributed by atoms with Gasteiger partial charge in [0.05, 0.1) is 10.6 Å². The molecule has 0 spiro atoms. The lowest BCUT2D eigenvalue weighted by atomic mass is 10.2. The van der Waals surface area contributed by atoms with E-state index in [4.69, 9.17) is 0 Å². The molecule has 2 heterocycles. The number of nitrogens with one attached hydrogen (secondary N) is 1. The van der Waals surface area contributed by atoms with E-state index in [0.717, 1.165) is 24.0 Å². The summed E-state index contributed by atoms with van der Waals surface area (Å²) >= 11 is 3.36. The van der Waals surface area contributed by atoms with Crippen molar-refractivity contribution in [2.75, 3.05) is 17.2 Å². The third-order valence-corrected chi connectivity index (χ3v) is 8.03. The molecule has 2 amide bonds. The number of pyridine rings is 1. The predicted octanol–water partition coefficient (Wildman–Crippen LogP) is 2.62. The van der Waals surface area contributed by atoms with Gasteiger partial charge in [-0.05, 0) is 64.5 Å². The van der Waals surface area contributed by atoms with Crippen LogP contribution >= 0.6 is 15.9 Å². The maximum Gasteiger partial charge on any atom is 0.230 e. The van der Waals surface area contributed by atoms with E-state index in [0.29, 0.717) is 29.7 Å². The minimum Gasteiger partial charge on any atom is -0.352 e. The number of amides is 2. The number of halogens is 1. The van der Waals surface area contributed by atoms with Crippen molar-refractivity contribution in [3.8, 4) is 0 Å². The van der Waals surface area contributed by atoms with Gasteiger partial charge in [-0.1, -0.05) is 6.07 Å². The molecule has 1 fully saturated rings. The van der Waals surface area contributed by atoms with E-state index in [2.05, 4.69) is 26.2 Å². The smallest absolute Gasteiger partial charge is 0.230 e. The summed E-state index contributed by atoms with van der Waals surface area (Å²) < 4.78 is 26.3. The van der Waals surface area contributed by atoms with E-state index in [-0.39, 0.29) is 34.8 Å². The lowest BCUT2D eigenvalue weighted by molar-refractivity contribution is -0.121. The van der Waals surface area contributed by atoms with Gasteiger partial charge in [-0.25, -0.2) is 8.42 Å². The van der Waals surface area contributed by atoms with Crippen molar-refractivity contribution in [2.45, 2.75) is 37.1 Å². The molecule has 158 valence electrons. The van der Waals surface area contributed by atoms with Crippen LogP contribution < -0.4 is 10.2 Å². The molecule has 7 nitrogen and oxygen atoms in total. The largest absolute Gasteiger partial charge is 0.352 e. The highest BCUT2D eigenvalue weighted by Crippen LogP contribution is 2.39. The Hall–Kier alpha value is -2.26. The molecule has 1 aromatic heterocycles. The Labute approximate surface area is 183 Å². The first-order valence-electron chi connectivity index (χ1n) is 9.87. The van der Waals surface area contributed by atoms with Crippen molar-refractivity contribution in [3.05, 3.63) is 52.3 Å². The van der Waals surface area contributed by atoms with Crippen LogP contribution in [0.4, 0.5) is 5.69 Å². The number of sulfone groups is 1. The van der Waals surface area contributed by atoms with E-state index in [1.807, 2.05) is 6.07 Å². The molecule has 0 bridgehead atoms. The summed E-state index contributed by atoms with van der Waals surface area (Å²) in [5.74, 6) is -0.498. The molecule has 0 unspecified atom stereocenters. The number of hydrogen-bond donors (Lipinski definition) is 1. The van der Waals surface area contributed by atoms with Crippen molar-refractivity contribution in [3.63, 3.8) is 0 Å². The zero-order valence-electron chi connectivity index (χ0n) is 16.3. The van der Waals surface area contributed by atoms with Gasteiger partial charge in [0.2, 0.25) is 11.8 Å². The Morgan fingerprint density at radius 1 is 1.27 bits per heavy atom. The van der Waals surface area contributed by atoms with Crippen LogP contribution in [0.25, 0.3) is 0 Å². The highest BCUT2D eigenvalue weighted by molar-refractivity contribution is 9.10. The molecule has 0 saturated heterocycles. The Balaban J connectivity index is 1.44. The number of rotatable bonds is 7. The number of carbonyl (C=O) groups excluding carboxylic acids is 2. The van der Waals surface area contributed by atoms with E-state index in [9.17, 15) is 18.0 Å². The monoisotopic (exact) mass is 491 g/mol. The van der Waals surface area contributed by atoms with Gasteiger partial charge in [-0.2, -0.15) is 0 Å². The summed E-state index contributed by atoms with van der Waals surface area (Å²) in [4.78, 5) is 30.5. The van der Waals surface area contributed by atoms with Crippen LogP contribution in [0.1, 0.15) is 30.4 Å². The van der Waals surface area contributed by atoms with Crippen LogP contribution in [0.5, 0.6) is 0 Å². The normalized spacial score (nSPS) is 15.7. The van der Waals surface area contributed by atoms with Gasteiger partial charge in [0, 0.05) is 48.0 Å². The number of nitrogens with zero attached hydrogens (tertiary/aromatic N) is 2. The Kier molecular flexibility index (Phi) is 5.92. The molecule has 30 heavy (non-hydrogen) atoms. The molecular formula is C21H22BrN3O4S. The molecular weight excluding hydrogens is 470 g/mol. The molecule has 0 atom stereocenters. The zero-order chi connectivity index (χ0) is 21.3. The maximum absolute atomic E-state index is 12.9. The van der Waals surface area contributed by atoms with E-state index >= 15 is 0 Å². The van der Waals surface area contributed by atoms with Gasteiger partial charge in [-0.3, -0.25) is 14.6 Å². The van der Waals surface area contributed by atoms with Gasteiger partial charge in [0.1, 0.15) is 0 Å². The van der Waals surface area contributed by atoms with Crippen LogP contribution in [-0.2, 0) is 32.4 Å². The Morgan fingerprint density at radius 3 is 2.77 bits per heavy atom. The van der Waals surface area contributed by atoms with Crippen molar-refractivity contribution in [1.29, 1.82) is 0 Å². The molecule has 1 aliphatic heterocycles. The first-order valence-corrected chi connectivity index (χ1v) is 12.3. The van der Waals surface area contributed by atoms with Gasteiger partial charge in [0.25, 0.3) is 0 Å². The molecule has 0 radical (unpaired) electrons. The molecule has 1 aromatic carbocycles. The second-order valence-corrected chi connectivity index (χ2v) is 10.6. The van der Waals surface area contributed by atoms with Crippen molar-refractivity contribution in [2.24, 2.45) is 5.92 Å². The number of fused-ring (bicyclic) bond motifs is 1. The average Bonchev–Trinajstić information content (AvgIpc) is 3.50. The lowest BCUT2D eigenvalue weighted by Gasteiger charge is -2.18. The molecule has 9 heteroatoms. The first kappa shape index (κ1) is 21.0. The Morgan fingerprint density at radius 2 is 2.07 bits per heavy atom. The van der Waals surface area contributed by atoms with Crippen LogP contribution in [0.2, 0.25) is 0 Å². The molecule has 1 aliphatic carbocycles. The van der Waals surface area contributed by atoms with Gasteiger partial charge < -0.3 is 10.2 Å². The molecule has 2 aliphatic rings. The highest BCUT2D eigenvalue weighted by atomic mass is 79.9. The third kappa shape index (κ3) is 4.57. The SMILES string of the molecule is O=C(CCS(=O)(=O)c1cc2c(cc1Br)CCN2C(=O)C1CC1)NCc1cccnc1. The fourth-order valence-corrected chi connectivity index (χ4v) is 5.99. The summed E-state index contributed by atoms with van der Waals surface area (Å²) in [6.07, 6.45) is 5.67. The van der Waals surface area contributed by atoms with Crippen LogP contribution in [0.3, 0.4) is 0 Å². The number of anilines is 1. The van der Waals surface area contributed by atoms with Gasteiger partial charge in [0.15, 0.2) is 9.84 Å². The quantitative estimate of drug-likeness (QED) is 0.641. The van der Waals surface area contributed by atoms with Gasteiger partial charge in [-0.15, -0.1) is 0 Å². The summed E-state index contributed by atoms with van der Waals surface area (Å²) in [5.41, 5.74) is 2.48. The van der Waals surface area contributed by atoms with Crippen LogP contribution in [0.15, 0.2) is 46.0 Å². The number of benzene rings is 1. The Bertz CT molecular complexity index is 1080. The molecule has 2 aromatic rings. The van der Waals surface area contributed by atoms with Crippen LogP contribution in [0, 0.1) is 5.92 Å². The second kappa shape index (κ2) is 8.47. The van der Waals surface area contributed by atoms with Crippen LogP contribution in [-0.4, -0.2) is 37.5 Å². The van der Waals surface area contributed by atoms with E-state index < -0.39 is 9.84 Å². The number of aromatic nitrogens is 1. The fourth-order valence-electron chi connectivity index (χ4n) is 3.53. The average molecular weight is 492 g/mol. The number of carbonyl (C=O) groups is 2. The topological polar surface area (TPSA) is 96.4 Å². The van der Waals surface area contributed by atoms with Crippen molar-refractivity contribution in [1.82, 2.24) is 10.3 Å². The predicted molar refractivity (Wildman–Crippen MR) is 116 cm³/mol. The zero-order valence-corrected chi connectivity index (χ0v) is 18.7. The summed E-state index contributed by atoms with van der Waals surface area (Å²) in [5, 5.41) is 2.71. The maximum atomic E-state index is 12.9. The second-order valence-electron chi connectivity index (χ2n) is 7.63. The van der Waals surface area contributed by atoms with E-state index in [1.54, 1.807) is 35.5 Å². The third-order valence-electron chi connectivity index (χ3n) is 5.37. The molecule has 1 N–H and O–H groups in total. The minimum atomic E-state index is -3.70. The van der Waals surface area contributed by atoms with Crippen molar-refractivity contribution >= 4 is 43.3 Å². The lowest BCUT2D eigenvalue weighted by Crippen LogP contribution is -2.30. The van der Waals surface area contributed by atoms with Crippen molar-refractivity contribution < 1.29 is 18.0 Å².